The van der Waals surface area contributed by atoms with Gasteiger partial charge in [0.05, 0.1) is 0 Å². The Hall–Kier alpha value is -3.09. The summed E-state index contributed by atoms with van der Waals surface area (Å²) in [5, 5.41) is 6.03. The van der Waals surface area contributed by atoms with Crippen LogP contribution in [0.4, 0.5) is 11.6 Å². The number of fused-ring (bicyclic) bond motifs is 1. The number of hydrogen-bond acceptors (Lipinski definition) is 6. The van der Waals surface area contributed by atoms with Gasteiger partial charge in [-0.2, -0.15) is 0 Å². The maximum absolute atomic E-state index is 12.4. The summed E-state index contributed by atoms with van der Waals surface area (Å²) in [7, 11) is 0. The van der Waals surface area contributed by atoms with E-state index in [-0.39, 0.29) is 12.7 Å². The van der Waals surface area contributed by atoms with Crippen molar-refractivity contribution in [2.45, 2.75) is 32.1 Å². The molecule has 140 valence electrons. The highest BCUT2D eigenvalue weighted by Crippen LogP contribution is 2.34. The lowest BCUT2D eigenvalue weighted by Gasteiger charge is -2.13. The molecule has 2 N–H and O–H groups in total. The third kappa shape index (κ3) is 4.36. The molecule has 0 saturated carbocycles. The SMILES string of the molecule is O=C(NCCC1=CCCCC1)c1ccnc(Nc2ccc3c(c2)OCO3)n1. The summed E-state index contributed by atoms with van der Waals surface area (Å²) in [6.45, 7) is 0.849. The summed E-state index contributed by atoms with van der Waals surface area (Å²) in [5.41, 5.74) is 2.54. The fourth-order valence-electron chi connectivity index (χ4n) is 3.21. The highest BCUT2D eigenvalue weighted by molar-refractivity contribution is 5.92. The normalized spacial score (nSPS) is 15.2. The monoisotopic (exact) mass is 366 g/mol. The summed E-state index contributed by atoms with van der Waals surface area (Å²) >= 11 is 0. The maximum Gasteiger partial charge on any atom is 0.270 e. The number of hydrogen-bond donors (Lipinski definition) is 2. The van der Waals surface area contributed by atoms with Gasteiger partial charge in [0, 0.05) is 24.5 Å². The van der Waals surface area contributed by atoms with Crippen molar-refractivity contribution in [2.24, 2.45) is 0 Å². The highest BCUT2D eigenvalue weighted by atomic mass is 16.7. The van der Waals surface area contributed by atoms with Crippen LogP contribution in [0.2, 0.25) is 0 Å². The Labute approximate surface area is 157 Å². The van der Waals surface area contributed by atoms with Crippen molar-refractivity contribution in [1.82, 2.24) is 15.3 Å². The summed E-state index contributed by atoms with van der Waals surface area (Å²) in [5.74, 6) is 1.55. The van der Waals surface area contributed by atoms with Crippen molar-refractivity contribution in [2.75, 3.05) is 18.7 Å². The number of carbonyl (C=O) groups excluding carboxylic acids is 1. The Morgan fingerprint density at radius 1 is 1.15 bits per heavy atom. The molecule has 2 aliphatic rings. The van der Waals surface area contributed by atoms with Gasteiger partial charge in [-0.1, -0.05) is 11.6 Å². The molecule has 7 nitrogen and oxygen atoms in total. The van der Waals surface area contributed by atoms with Crippen molar-refractivity contribution in [3.63, 3.8) is 0 Å². The number of aromatic nitrogens is 2. The molecule has 27 heavy (non-hydrogen) atoms. The highest BCUT2D eigenvalue weighted by Gasteiger charge is 2.14. The first kappa shape index (κ1) is 17.3. The van der Waals surface area contributed by atoms with Gasteiger partial charge < -0.3 is 20.1 Å². The van der Waals surface area contributed by atoms with E-state index in [9.17, 15) is 4.79 Å². The Morgan fingerprint density at radius 2 is 2.07 bits per heavy atom. The second kappa shape index (κ2) is 8.07. The van der Waals surface area contributed by atoms with Gasteiger partial charge in [0.2, 0.25) is 12.7 Å². The smallest absolute Gasteiger partial charge is 0.270 e. The molecule has 2 aromatic rings. The first-order valence-electron chi connectivity index (χ1n) is 9.24. The van der Waals surface area contributed by atoms with Crippen LogP contribution in [0.15, 0.2) is 42.1 Å². The van der Waals surface area contributed by atoms with Crippen LogP contribution in [0.25, 0.3) is 0 Å². The number of nitrogens with one attached hydrogen (secondary N) is 2. The number of allylic oxidation sites excluding steroid dienone is 1. The van der Waals surface area contributed by atoms with Gasteiger partial charge in [0.25, 0.3) is 5.91 Å². The van der Waals surface area contributed by atoms with Crippen molar-refractivity contribution in [3.8, 4) is 11.5 Å². The lowest BCUT2D eigenvalue weighted by Crippen LogP contribution is -2.26. The van der Waals surface area contributed by atoms with Crippen molar-refractivity contribution >= 4 is 17.5 Å². The number of benzene rings is 1. The second-order valence-corrected chi connectivity index (χ2v) is 6.57. The zero-order valence-corrected chi connectivity index (χ0v) is 15.0. The molecule has 0 bridgehead atoms. The van der Waals surface area contributed by atoms with E-state index >= 15 is 0 Å². The van der Waals surface area contributed by atoms with Gasteiger partial charge in [0.15, 0.2) is 11.5 Å². The van der Waals surface area contributed by atoms with E-state index in [0.717, 1.165) is 24.9 Å². The molecule has 1 aromatic carbocycles. The minimum atomic E-state index is -0.192. The largest absolute Gasteiger partial charge is 0.454 e. The van der Waals surface area contributed by atoms with Gasteiger partial charge in [-0.25, -0.2) is 9.97 Å². The van der Waals surface area contributed by atoms with Crippen LogP contribution in [0, 0.1) is 0 Å². The molecule has 0 fully saturated rings. The zero-order chi connectivity index (χ0) is 18.5. The van der Waals surface area contributed by atoms with E-state index < -0.39 is 0 Å². The van der Waals surface area contributed by atoms with Gasteiger partial charge in [-0.15, -0.1) is 0 Å². The molecule has 2 heterocycles. The Morgan fingerprint density at radius 3 is 2.96 bits per heavy atom. The summed E-state index contributed by atoms with van der Waals surface area (Å²) in [6, 6.07) is 7.10. The van der Waals surface area contributed by atoms with E-state index in [2.05, 4.69) is 26.7 Å². The molecule has 1 amide bonds. The molecule has 0 atom stereocenters. The number of ether oxygens (including phenoxy) is 2. The molecule has 0 unspecified atom stereocenters. The minimum Gasteiger partial charge on any atom is -0.454 e. The molecule has 0 radical (unpaired) electrons. The predicted octanol–water partition coefficient (Wildman–Crippen LogP) is 3.57. The second-order valence-electron chi connectivity index (χ2n) is 6.57. The zero-order valence-electron chi connectivity index (χ0n) is 15.0. The Bertz CT molecular complexity index is 866. The van der Waals surface area contributed by atoms with Gasteiger partial charge in [-0.05, 0) is 50.3 Å². The van der Waals surface area contributed by atoms with Gasteiger partial charge in [0.1, 0.15) is 5.69 Å². The van der Waals surface area contributed by atoms with E-state index in [1.807, 2.05) is 18.2 Å². The lowest BCUT2D eigenvalue weighted by atomic mass is 9.97. The van der Waals surface area contributed by atoms with E-state index in [1.54, 1.807) is 12.3 Å². The quantitative estimate of drug-likeness (QED) is 0.760. The van der Waals surface area contributed by atoms with Crippen molar-refractivity contribution < 1.29 is 14.3 Å². The first-order valence-corrected chi connectivity index (χ1v) is 9.24. The molecular formula is C20H22N4O3. The molecule has 4 rings (SSSR count). The van der Waals surface area contributed by atoms with Crippen molar-refractivity contribution in [1.29, 1.82) is 0 Å². The van der Waals surface area contributed by atoms with Crippen LogP contribution in [0.1, 0.15) is 42.6 Å². The third-order valence-corrected chi connectivity index (χ3v) is 4.63. The van der Waals surface area contributed by atoms with E-state index in [1.165, 1.54) is 18.4 Å². The van der Waals surface area contributed by atoms with Crippen LogP contribution < -0.4 is 20.1 Å². The van der Waals surface area contributed by atoms with Crippen LogP contribution >= 0.6 is 0 Å². The van der Waals surface area contributed by atoms with Crippen LogP contribution in [0.5, 0.6) is 11.5 Å². The number of amides is 1. The number of nitrogens with zero attached hydrogens (tertiary/aromatic N) is 2. The molecule has 1 aliphatic heterocycles. The predicted molar refractivity (Wildman–Crippen MR) is 101 cm³/mol. The third-order valence-electron chi connectivity index (χ3n) is 4.63. The topological polar surface area (TPSA) is 85.4 Å². The molecule has 0 spiro atoms. The average molecular weight is 366 g/mol. The Balaban J connectivity index is 1.35. The molecule has 1 aliphatic carbocycles. The van der Waals surface area contributed by atoms with Crippen LogP contribution in [-0.4, -0.2) is 29.2 Å². The van der Waals surface area contributed by atoms with Gasteiger partial charge in [-0.3, -0.25) is 4.79 Å². The van der Waals surface area contributed by atoms with E-state index in [0.29, 0.717) is 29.7 Å². The Kier molecular flexibility index (Phi) is 5.18. The minimum absolute atomic E-state index is 0.192. The maximum atomic E-state index is 12.4. The fraction of sp³-hybridized carbons (Fsp3) is 0.350. The van der Waals surface area contributed by atoms with Gasteiger partial charge >= 0.3 is 0 Å². The summed E-state index contributed by atoms with van der Waals surface area (Å²) < 4.78 is 10.7. The number of rotatable bonds is 6. The molecular weight excluding hydrogens is 344 g/mol. The number of anilines is 2. The summed E-state index contributed by atoms with van der Waals surface area (Å²) in [6.07, 6.45) is 9.60. The lowest BCUT2D eigenvalue weighted by molar-refractivity contribution is 0.0949. The fourth-order valence-corrected chi connectivity index (χ4v) is 3.21. The van der Waals surface area contributed by atoms with Crippen molar-refractivity contribution in [3.05, 3.63) is 47.8 Å². The van der Waals surface area contributed by atoms with E-state index in [4.69, 9.17) is 9.47 Å². The molecule has 7 heteroatoms. The number of carbonyl (C=O) groups is 1. The molecule has 1 aromatic heterocycles. The van der Waals surface area contributed by atoms with Crippen LogP contribution in [0.3, 0.4) is 0 Å². The summed E-state index contributed by atoms with van der Waals surface area (Å²) in [4.78, 5) is 20.8. The first-order chi connectivity index (χ1) is 13.3. The molecule has 0 saturated heterocycles. The standard InChI is InChI=1S/C20H22N4O3/c25-19(21-10-8-14-4-2-1-3-5-14)16-9-11-22-20(24-16)23-15-6-7-17-18(12-15)27-13-26-17/h4,6-7,9,11-12H,1-3,5,8,10,13H2,(H,21,25)(H,22,23,24). The average Bonchev–Trinajstić information content (AvgIpc) is 3.17. The van der Waals surface area contributed by atoms with Crippen LogP contribution in [-0.2, 0) is 0 Å².